The van der Waals surface area contributed by atoms with Crippen molar-refractivity contribution < 1.29 is 4.79 Å². The van der Waals surface area contributed by atoms with Crippen molar-refractivity contribution in [2.75, 3.05) is 0 Å². The summed E-state index contributed by atoms with van der Waals surface area (Å²) in [7, 11) is 0. The van der Waals surface area contributed by atoms with Gasteiger partial charge >= 0.3 is 0 Å². The van der Waals surface area contributed by atoms with Gasteiger partial charge in [-0.05, 0) is 59.3 Å². The minimum atomic E-state index is -0.0445. The fraction of sp³-hybridized carbons (Fsp3) is 0.111. The molecule has 4 nitrogen and oxygen atoms in total. The molecule has 3 aromatic rings. The van der Waals surface area contributed by atoms with Crippen LogP contribution >= 0.6 is 15.9 Å². The van der Waals surface area contributed by atoms with Crippen LogP contribution in [0.5, 0.6) is 0 Å². The number of benzene rings is 1. The predicted octanol–water partition coefficient (Wildman–Crippen LogP) is 4.35. The van der Waals surface area contributed by atoms with Crippen molar-refractivity contribution in [3.05, 3.63) is 76.8 Å². The van der Waals surface area contributed by atoms with Crippen LogP contribution in [-0.4, -0.2) is 20.1 Å². The van der Waals surface area contributed by atoms with Gasteiger partial charge in [-0.15, -0.1) is 0 Å². The zero-order valence-corrected chi connectivity index (χ0v) is 14.3. The van der Waals surface area contributed by atoms with Gasteiger partial charge in [0.15, 0.2) is 5.78 Å². The molecule has 5 heteroatoms. The molecular formula is C18H16BrN3O. The molecule has 116 valence electrons. The number of carbonyl (C=O) groups is 1. The number of rotatable bonds is 5. The summed E-state index contributed by atoms with van der Waals surface area (Å²) in [6.45, 7) is 2.81. The highest BCUT2D eigenvalue weighted by Gasteiger charge is 2.06. The molecule has 0 bridgehead atoms. The standard InChI is InChI=1S/C18H16BrN3O/c1-2-22-13-16(19)17(20-22)8-9-18(23)14-6-5-7-15(12-14)21-10-3-4-11-21/h3-13H,2H2,1H3/b9-8+. The first-order valence-corrected chi connectivity index (χ1v) is 8.15. The topological polar surface area (TPSA) is 39.8 Å². The molecule has 0 unspecified atom stereocenters. The number of allylic oxidation sites excluding steroid dienone is 1. The first kappa shape index (κ1) is 15.5. The molecule has 2 heterocycles. The minimum Gasteiger partial charge on any atom is -0.324 e. The van der Waals surface area contributed by atoms with E-state index in [0.29, 0.717) is 5.56 Å². The van der Waals surface area contributed by atoms with E-state index in [9.17, 15) is 4.79 Å². The lowest BCUT2D eigenvalue weighted by Crippen LogP contribution is -1.97. The van der Waals surface area contributed by atoms with Crippen LogP contribution in [0.3, 0.4) is 0 Å². The van der Waals surface area contributed by atoms with Gasteiger partial charge in [0.2, 0.25) is 0 Å². The molecule has 3 rings (SSSR count). The second-order valence-corrected chi connectivity index (χ2v) is 5.91. The van der Waals surface area contributed by atoms with Crippen LogP contribution in [0, 0.1) is 0 Å². The molecule has 23 heavy (non-hydrogen) atoms. The lowest BCUT2D eigenvalue weighted by Gasteiger charge is -2.04. The van der Waals surface area contributed by atoms with E-state index >= 15 is 0 Å². The van der Waals surface area contributed by atoms with Gasteiger partial charge in [-0.3, -0.25) is 9.48 Å². The van der Waals surface area contributed by atoms with Gasteiger partial charge in [0.25, 0.3) is 0 Å². The Kier molecular flexibility index (Phi) is 4.57. The molecular weight excluding hydrogens is 354 g/mol. The molecule has 0 aliphatic rings. The molecule has 0 atom stereocenters. The van der Waals surface area contributed by atoms with Gasteiger partial charge in [0.1, 0.15) is 0 Å². The van der Waals surface area contributed by atoms with Crippen molar-refractivity contribution in [3.63, 3.8) is 0 Å². The number of ketones is 1. The third-order valence-corrected chi connectivity index (χ3v) is 4.10. The van der Waals surface area contributed by atoms with Crippen LogP contribution in [0.1, 0.15) is 23.0 Å². The number of nitrogens with zero attached hydrogens (tertiary/aromatic N) is 3. The van der Waals surface area contributed by atoms with Gasteiger partial charge in [-0.2, -0.15) is 5.10 Å². The maximum Gasteiger partial charge on any atom is 0.185 e. The van der Waals surface area contributed by atoms with Crippen molar-refractivity contribution in [2.24, 2.45) is 0 Å². The Hall–Kier alpha value is -2.40. The van der Waals surface area contributed by atoms with Gasteiger partial charge in [0.05, 0.1) is 10.2 Å². The fourth-order valence-electron chi connectivity index (χ4n) is 2.26. The molecule has 0 N–H and O–H groups in total. The highest BCUT2D eigenvalue weighted by molar-refractivity contribution is 9.10. The van der Waals surface area contributed by atoms with Gasteiger partial charge in [-0.1, -0.05) is 12.1 Å². The second-order valence-electron chi connectivity index (χ2n) is 5.06. The Morgan fingerprint density at radius 3 is 2.74 bits per heavy atom. The Balaban J connectivity index is 1.82. The number of aryl methyl sites for hydroxylation is 1. The van der Waals surface area contributed by atoms with Crippen LogP contribution in [0.2, 0.25) is 0 Å². The SMILES string of the molecule is CCn1cc(Br)c(/C=C/C(=O)c2cccc(-n3cccc3)c2)n1. The monoisotopic (exact) mass is 369 g/mol. The van der Waals surface area contributed by atoms with Crippen molar-refractivity contribution in [2.45, 2.75) is 13.5 Å². The average molecular weight is 370 g/mol. The Bertz CT molecular complexity index is 847. The summed E-state index contributed by atoms with van der Waals surface area (Å²) in [5, 5.41) is 4.38. The van der Waals surface area contributed by atoms with Crippen LogP contribution in [0.25, 0.3) is 11.8 Å². The van der Waals surface area contributed by atoms with Crippen molar-refractivity contribution in [1.29, 1.82) is 0 Å². The molecule has 0 saturated heterocycles. The molecule has 0 radical (unpaired) electrons. The van der Waals surface area contributed by atoms with Crippen LogP contribution in [0.15, 0.2) is 65.5 Å². The smallest absolute Gasteiger partial charge is 0.185 e. The molecule has 0 aliphatic heterocycles. The number of aromatic nitrogens is 3. The molecule has 0 aliphatic carbocycles. The fourth-order valence-corrected chi connectivity index (χ4v) is 2.71. The summed E-state index contributed by atoms with van der Waals surface area (Å²) in [6, 6.07) is 11.5. The summed E-state index contributed by atoms with van der Waals surface area (Å²) < 4.78 is 4.67. The van der Waals surface area contributed by atoms with E-state index in [1.165, 1.54) is 0 Å². The van der Waals surface area contributed by atoms with Crippen molar-refractivity contribution in [1.82, 2.24) is 14.3 Å². The number of hydrogen-bond donors (Lipinski definition) is 0. The van der Waals surface area contributed by atoms with Gasteiger partial charge < -0.3 is 4.57 Å². The van der Waals surface area contributed by atoms with E-state index in [4.69, 9.17) is 0 Å². The maximum atomic E-state index is 12.4. The Morgan fingerprint density at radius 2 is 2.04 bits per heavy atom. The number of halogens is 1. The number of hydrogen-bond acceptors (Lipinski definition) is 2. The lowest BCUT2D eigenvalue weighted by molar-refractivity contribution is 0.104. The van der Waals surface area contributed by atoms with Crippen molar-refractivity contribution >= 4 is 27.8 Å². The summed E-state index contributed by atoms with van der Waals surface area (Å²) in [4.78, 5) is 12.4. The second kappa shape index (κ2) is 6.79. The van der Waals surface area contributed by atoms with Crippen LogP contribution in [0.4, 0.5) is 0 Å². The first-order valence-electron chi connectivity index (χ1n) is 7.36. The summed E-state index contributed by atoms with van der Waals surface area (Å²) in [6.07, 6.45) is 9.10. The van der Waals surface area contributed by atoms with Crippen molar-refractivity contribution in [3.8, 4) is 5.69 Å². The summed E-state index contributed by atoms with van der Waals surface area (Å²) in [5.74, 6) is -0.0445. The molecule has 0 spiro atoms. The molecule has 0 amide bonds. The predicted molar refractivity (Wildman–Crippen MR) is 94.7 cm³/mol. The third kappa shape index (κ3) is 3.51. The van der Waals surface area contributed by atoms with Crippen LogP contribution < -0.4 is 0 Å². The van der Waals surface area contributed by atoms with E-state index in [0.717, 1.165) is 22.4 Å². The zero-order valence-electron chi connectivity index (χ0n) is 12.7. The first-order chi connectivity index (χ1) is 11.2. The minimum absolute atomic E-state index is 0.0445. The highest BCUT2D eigenvalue weighted by Crippen LogP contribution is 2.17. The summed E-state index contributed by atoms with van der Waals surface area (Å²) in [5.41, 5.74) is 2.37. The average Bonchev–Trinajstić information content (AvgIpc) is 3.22. The lowest BCUT2D eigenvalue weighted by atomic mass is 10.1. The normalized spacial score (nSPS) is 11.2. The zero-order chi connectivity index (χ0) is 16.2. The maximum absolute atomic E-state index is 12.4. The van der Waals surface area contributed by atoms with E-state index in [-0.39, 0.29) is 5.78 Å². The van der Waals surface area contributed by atoms with E-state index < -0.39 is 0 Å². The molecule has 0 fully saturated rings. The van der Waals surface area contributed by atoms with E-state index in [1.807, 2.05) is 71.2 Å². The molecule has 2 aromatic heterocycles. The third-order valence-electron chi connectivity index (χ3n) is 3.49. The van der Waals surface area contributed by atoms with Gasteiger partial charge in [0, 0.05) is 36.4 Å². The number of carbonyl (C=O) groups excluding carboxylic acids is 1. The Labute approximate surface area is 143 Å². The molecule has 0 saturated carbocycles. The quantitative estimate of drug-likeness (QED) is 0.495. The van der Waals surface area contributed by atoms with Crippen LogP contribution in [-0.2, 0) is 6.54 Å². The Morgan fingerprint density at radius 1 is 1.26 bits per heavy atom. The largest absolute Gasteiger partial charge is 0.324 e. The summed E-state index contributed by atoms with van der Waals surface area (Å²) >= 11 is 3.45. The van der Waals surface area contributed by atoms with E-state index in [1.54, 1.807) is 12.2 Å². The molecule has 1 aromatic carbocycles. The van der Waals surface area contributed by atoms with Gasteiger partial charge in [-0.25, -0.2) is 0 Å². The van der Waals surface area contributed by atoms with E-state index in [2.05, 4.69) is 21.0 Å². The highest BCUT2D eigenvalue weighted by atomic mass is 79.9.